The summed E-state index contributed by atoms with van der Waals surface area (Å²) in [7, 11) is 0. The molecule has 0 bridgehead atoms. The Kier molecular flexibility index (Phi) is 4.34. The van der Waals surface area contributed by atoms with E-state index >= 15 is 0 Å². The lowest BCUT2D eigenvalue weighted by Crippen LogP contribution is -2.17. The van der Waals surface area contributed by atoms with E-state index in [-0.39, 0.29) is 11.7 Å². The molecule has 0 saturated heterocycles. The molecule has 0 spiro atoms. The van der Waals surface area contributed by atoms with Gasteiger partial charge in [-0.05, 0) is 30.7 Å². The number of hydrogen-bond donors (Lipinski definition) is 1. The zero-order valence-electron chi connectivity index (χ0n) is 10.3. The standard InChI is InChI=1S/C13H13BrN2O3/c1-9(13-3-2-6-19-13)15-8-10-4-5-11(16(17)18)7-12(10)14/h2-7,9,15H,8H2,1H3/t9-/m1/s1. The van der Waals surface area contributed by atoms with E-state index in [1.165, 1.54) is 12.1 Å². The van der Waals surface area contributed by atoms with Crippen molar-refractivity contribution >= 4 is 21.6 Å². The molecule has 1 heterocycles. The first-order chi connectivity index (χ1) is 9.08. The van der Waals surface area contributed by atoms with E-state index in [9.17, 15) is 10.1 Å². The Hall–Kier alpha value is -1.66. The third-order valence-corrected chi connectivity index (χ3v) is 3.55. The highest BCUT2D eigenvalue weighted by Crippen LogP contribution is 2.23. The number of furan rings is 1. The van der Waals surface area contributed by atoms with Crippen molar-refractivity contribution in [2.75, 3.05) is 0 Å². The van der Waals surface area contributed by atoms with Gasteiger partial charge in [0.05, 0.1) is 17.2 Å². The third kappa shape index (κ3) is 3.42. The van der Waals surface area contributed by atoms with Crippen LogP contribution in [0.25, 0.3) is 0 Å². The van der Waals surface area contributed by atoms with Crippen molar-refractivity contribution in [2.45, 2.75) is 19.5 Å². The summed E-state index contributed by atoms with van der Waals surface area (Å²) in [6.07, 6.45) is 1.63. The number of nitro groups is 1. The van der Waals surface area contributed by atoms with E-state index < -0.39 is 4.92 Å². The quantitative estimate of drug-likeness (QED) is 0.670. The van der Waals surface area contributed by atoms with Crippen LogP contribution in [0.1, 0.15) is 24.3 Å². The topological polar surface area (TPSA) is 68.3 Å². The minimum Gasteiger partial charge on any atom is -0.468 e. The molecule has 2 rings (SSSR count). The number of non-ortho nitro benzene ring substituents is 1. The molecule has 1 atom stereocenters. The molecular weight excluding hydrogens is 312 g/mol. The van der Waals surface area contributed by atoms with Crippen LogP contribution in [-0.4, -0.2) is 4.92 Å². The van der Waals surface area contributed by atoms with Gasteiger partial charge in [0.25, 0.3) is 5.69 Å². The summed E-state index contributed by atoms with van der Waals surface area (Å²) in [5.41, 5.74) is 1.04. The number of rotatable bonds is 5. The Balaban J connectivity index is 2.02. The summed E-state index contributed by atoms with van der Waals surface area (Å²) in [6, 6.07) is 8.58. The van der Waals surface area contributed by atoms with Crippen molar-refractivity contribution in [3.8, 4) is 0 Å². The summed E-state index contributed by atoms with van der Waals surface area (Å²) in [6.45, 7) is 2.60. The van der Waals surface area contributed by atoms with Crippen molar-refractivity contribution in [3.63, 3.8) is 0 Å². The van der Waals surface area contributed by atoms with Gasteiger partial charge in [0, 0.05) is 23.2 Å². The van der Waals surface area contributed by atoms with Crippen LogP contribution in [0.2, 0.25) is 0 Å². The van der Waals surface area contributed by atoms with Gasteiger partial charge in [0.2, 0.25) is 0 Å². The number of benzene rings is 1. The predicted octanol–water partition coefficient (Wildman–Crippen LogP) is 3.80. The van der Waals surface area contributed by atoms with Gasteiger partial charge in [-0.1, -0.05) is 15.9 Å². The highest BCUT2D eigenvalue weighted by molar-refractivity contribution is 9.10. The maximum absolute atomic E-state index is 10.6. The number of nitro benzene ring substituents is 1. The normalized spacial score (nSPS) is 12.3. The zero-order chi connectivity index (χ0) is 13.8. The van der Waals surface area contributed by atoms with Crippen LogP contribution in [0.15, 0.2) is 45.5 Å². The van der Waals surface area contributed by atoms with E-state index in [1.807, 2.05) is 19.1 Å². The average Bonchev–Trinajstić information content (AvgIpc) is 2.90. The molecule has 0 radical (unpaired) electrons. The van der Waals surface area contributed by atoms with E-state index in [0.717, 1.165) is 15.8 Å². The van der Waals surface area contributed by atoms with E-state index in [1.54, 1.807) is 12.3 Å². The number of nitrogens with one attached hydrogen (secondary N) is 1. The molecule has 0 aliphatic rings. The van der Waals surface area contributed by atoms with Crippen molar-refractivity contribution in [3.05, 3.63) is 62.5 Å². The fourth-order valence-corrected chi connectivity index (χ4v) is 2.20. The van der Waals surface area contributed by atoms with Crippen LogP contribution in [0, 0.1) is 10.1 Å². The molecule has 1 aromatic carbocycles. The Morgan fingerprint density at radius 1 is 1.47 bits per heavy atom. The van der Waals surface area contributed by atoms with Gasteiger partial charge < -0.3 is 9.73 Å². The van der Waals surface area contributed by atoms with Crippen molar-refractivity contribution < 1.29 is 9.34 Å². The number of halogens is 1. The molecule has 100 valence electrons. The van der Waals surface area contributed by atoms with Gasteiger partial charge in [-0.15, -0.1) is 0 Å². The molecule has 2 aromatic rings. The molecule has 0 aliphatic heterocycles. The highest BCUT2D eigenvalue weighted by atomic mass is 79.9. The smallest absolute Gasteiger partial charge is 0.270 e. The summed E-state index contributed by atoms with van der Waals surface area (Å²) in [5.74, 6) is 0.859. The van der Waals surface area contributed by atoms with Crippen LogP contribution in [0.3, 0.4) is 0 Å². The first kappa shape index (κ1) is 13.8. The lowest BCUT2D eigenvalue weighted by molar-refractivity contribution is -0.384. The van der Waals surface area contributed by atoms with E-state index in [2.05, 4.69) is 21.2 Å². The van der Waals surface area contributed by atoms with Gasteiger partial charge in [-0.3, -0.25) is 10.1 Å². The third-order valence-electron chi connectivity index (χ3n) is 2.82. The Bertz CT molecular complexity index is 569. The Labute approximate surface area is 118 Å². The first-order valence-corrected chi connectivity index (χ1v) is 6.57. The van der Waals surface area contributed by atoms with Crippen LogP contribution in [-0.2, 0) is 6.54 Å². The highest BCUT2D eigenvalue weighted by Gasteiger charge is 2.11. The second kappa shape index (κ2) is 5.99. The minimum atomic E-state index is -0.409. The maximum Gasteiger partial charge on any atom is 0.270 e. The molecule has 0 unspecified atom stereocenters. The van der Waals surface area contributed by atoms with Crippen LogP contribution < -0.4 is 5.32 Å². The van der Waals surface area contributed by atoms with Gasteiger partial charge in [0.1, 0.15) is 5.76 Å². The predicted molar refractivity (Wildman–Crippen MR) is 74.8 cm³/mol. The molecule has 0 fully saturated rings. The molecule has 1 aromatic heterocycles. The molecule has 0 amide bonds. The summed E-state index contributed by atoms with van der Waals surface area (Å²) in [5, 5.41) is 13.9. The van der Waals surface area contributed by atoms with Gasteiger partial charge in [-0.25, -0.2) is 0 Å². The van der Waals surface area contributed by atoms with E-state index in [4.69, 9.17) is 4.42 Å². The minimum absolute atomic E-state index is 0.0784. The fourth-order valence-electron chi connectivity index (χ4n) is 1.69. The lowest BCUT2D eigenvalue weighted by atomic mass is 10.2. The van der Waals surface area contributed by atoms with Crippen molar-refractivity contribution in [1.29, 1.82) is 0 Å². The van der Waals surface area contributed by atoms with Gasteiger partial charge in [0.15, 0.2) is 0 Å². The molecule has 0 aliphatic carbocycles. The van der Waals surface area contributed by atoms with Crippen molar-refractivity contribution in [1.82, 2.24) is 5.32 Å². The second-order valence-corrected chi connectivity index (χ2v) is 5.01. The van der Waals surface area contributed by atoms with Crippen LogP contribution in [0.5, 0.6) is 0 Å². The Morgan fingerprint density at radius 2 is 2.26 bits per heavy atom. The SMILES string of the molecule is C[C@@H](NCc1ccc([N+](=O)[O-])cc1Br)c1ccco1. The van der Waals surface area contributed by atoms with Gasteiger partial charge in [-0.2, -0.15) is 0 Å². The lowest BCUT2D eigenvalue weighted by Gasteiger charge is -2.12. The molecule has 6 heteroatoms. The molecule has 0 saturated carbocycles. The van der Waals surface area contributed by atoms with Gasteiger partial charge >= 0.3 is 0 Å². The monoisotopic (exact) mass is 324 g/mol. The van der Waals surface area contributed by atoms with Crippen LogP contribution in [0.4, 0.5) is 5.69 Å². The van der Waals surface area contributed by atoms with E-state index in [0.29, 0.717) is 6.54 Å². The molecule has 5 nitrogen and oxygen atoms in total. The largest absolute Gasteiger partial charge is 0.468 e. The van der Waals surface area contributed by atoms with Crippen LogP contribution >= 0.6 is 15.9 Å². The second-order valence-electron chi connectivity index (χ2n) is 4.15. The fraction of sp³-hybridized carbons (Fsp3) is 0.231. The summed E-state index contributed by atoms with van der Waals surface area (Å²) < 4.78 is 6.02. The molecular formula is C13H13BrN2O3. The zero-order valence-corrected chi connectivity index (χ0v) is 11.9. The molecule has 1 N–H and O–H groups in total. The Morgan fingerprint density at radius 3 is 2.84 bits per heavy atom. The number of nitrogens with zero attached hydrogens (tertiary/aromatic N) is 1. The molecule has 19 heavy (non-hydrogen) atoms. The summed E-state index contributed by atoms with van der Waals surface area (Å²) in [4.78, 5) is 10.2. The number of hydrogen-bond acceptors (Lipinski definition) is 4. The first-order valence-electron chi connectivity index (χ1n) is 5.77. The van der Waals surface area contributed by atoms with Crippen molar-refractivity contribution in [2.24, 2.45) is 0 Å². The average molecular weight is 325 g/mol. The summed E-state index contributed by atoms with van der Waals surface area (Å²) >= 11 is 3.35. The maximum atomic E-state index is 10.6.